The normalized spacial score (nSPS) is 7.05. The molecule has 0 unspecified atom stereocenters. The second-order valence-electron chi connectivity index (χ2n) is 2.21. The van der Waals surface area contributed by atoms with Gasteiger partial charge in [-0.15, -0.1) is 0 Å². The molecule has 0 aliphatic carbocycles. The van der Waals surface area contributed by atoms with Crippen molar-refractivity contribution < 1.29 is 79.8 Å². The average Bonchev–Trinajstić information content (AvgIpc) is 2.40. The maximum atomic E-state index is 9.12. The molecule has 0 atom stereocenters. The van der Waals surface area contributed by atoms with E-state index < -0.39 is 50.3 Å². The molecule has 0 aromatic rings. The predicted molar refractivity (Wildman–Crippen MR) is 58.9 cm³/mol. The smallest absolute Gasteiger partial charge is 0.329 e. The van der Waals surface area contributed by atoms with Crippen molar-refractivity contribution in [3.8, 4) is 0 Å². The van der Waals surface area contributed by atoms with Crippen LogP contribution in [0.15, 0.2) is 0 Å². The molecule has 0 saturated heterocycles. The van der Waals surface area contributed by atoms with Gasteiger partial charge in [0.15, 0.2) is 0 Å². The van der Waals surface area contributed by atoms with Gasteiger partial charge in [-0.25, -0.2) is 19.2 Å². The van der Waals surface area contributed by atoms with Gasteiger partial charge in [-0.1, -0.05) is 0 Å². The number of aliphatic carboxylic acids is 4. The summed E-state index contributed by atoms with van der Waals surface area (Å²) in [5.41, 5.74) is 0. The third-order valence-electron chi connectivity index (χ3n) is 0.541. The minimum atomic E-state index is -1.19. The molecule has 0 aliphatic heterocycles. The van der Waals surface area contributed by atoms with Crippen LogP contribution in [0.25, 0.3) is 0 Å². The SMILES string of the molecule is O=C(O)CO.O=C(O)CO.O=C(O)CO.O=C(O)CO.[Os]. The van der Waals surface area contributed by atoms with Crippen molar-refractivity contribution in [2.75, 3.05) is 26.4 Å². The summed E-state index contributed by atoms with van der Waals surface area (Å²) in [6, 6.07) is 0. The van der Waals surface area contributed by atoms with Crippen LogP contribution in [0.1, 0.15) is 0 Å². The Bertz CT molecular complexity index is 222. The molecule has 8 N–H and O–H groups in total. The van der Waals surface area contributed by atoms with Gasteiger partial charge in [0.25, 0.3) is 0 Å². The van der Waals surface area contributed by atoms with Gasteiger partial charge in [0.1, 0.15) is 26.4 Å². The van der Waals surface area contributed by atoms with E-state index in [9.17, 15) is 0 Å². The first-order valence-electron chi connectivity index (χ1n) is 4.39. The fraction of sp³-hybridized carbons (Fsp3) is 0.500. The molecule has 0 heterocycles. The van der Waals surface area contributed by atoms with Gasteiger partial charge in [-0.05, 0) is 0 Å². The minimum absolute atomic E-state index is 0. The summed E-state index contributed by atoms with van der Waals surface area (Å²) in [6.07, 6.45) is 0. The molecule has 0 saturated carbocycles. The largest absolute Gasteiger partial charge is 0.480 e. The van der Waals surface area contributed by atoms with Crippen LogP contribution >= 0.6 is 0 Å². The van der Waals surface area contributed by atoms with Gasteiger partial charge in [-0.3, -0.25) is 0 Å². The molecule has 21 heavy (non-hydrogen) atoms. The third-order valence-corrected chi connectivity index (χ3v) is 0.541. The maximum absolute atomic E-state index is 9.12. The Morgan fingerprint density at radius 2 is 0.524 bits per heavy atom. The molecule has 12 nitrogen and oxygen atoms in total. The number of carboxylic acid groups (broad SMARTS) is 4. The maximum Gasteiger partial charge on any atom is 0.329 e. The summed E-state index contributed by atoms with van der Waals surface area (Å²) in [5.74, 6) is -4.76. The van der Waals surface area contributed by atoms with Crippen molar-refractivity contribution >= 4 is 23.9 Å². The van der Waals surface area contributed by atoms with Crippen molar-refractivity contribution in [1.29, 1.82) is 0 Å². The first-order chi connectivity index (χ1) is 9.08. The molecule has 0 aromatic carbocycles. The fourth-order valence-electron chi connectivity index (χ4n) is 0. The third kappa shape index (κ3) is 122. The van der Waals surface area contributed by atoms with E-state index in [0.29, 0.717) is 0 Å². The summed E-state index contributed by atoms with van der Waals surface area (Å²) in [6.45, 7) is -3.11. The topological polar surface area (TPSA) is 230 Å². The molecule has 128 valence electrons. The van der Waals surface area contributed by atoms with Crippen LogP contribution in [0.5, 0.6) is 0 Å². The zero-order chi connectivity index (χ0) is 17.1. The van der Waals surface area contributed by atoms with E-state index in [2.05, 4.69) is 0 Å². The summed E-state index contributed by atoms with van der Waals surface area (Å²) in [4.78, 5) is 36.5. The van der Waals surface area contributed by atoms with E-state index in [4.69, 9.17) is 60.0 Å². The molecule has 0 rings (SSSR count). The Morgan fingerprint density at radius 1 is 0.476 bits per heavy atom. The van der Waals surface area contributed by atoms with Gasteiger partial charge >= 0.3 is 23.9 Å². The van der Waals surface area contributed by atoms with Gasteiger partial charge in [-0.2, -0.15) is 0 Å². The first kappa shape index (κ1) is 31.6. The summed E-state index contributed by atoms with van der Waals surface area (Å²) in [7, 11) is 0. The number of carbonyl (C=O) groups is 4. The van der Waals surface area contributed by atoms with Crippen LogP contribution in [0.2, 0.25) is 0 Å². The van der Waals surface area contributed by atoms with E-state index in [1.807, 2.05) is 0 Å². The second-order valence-corrected chi connectivity index (χ2v) is 2.21. The predicted octanol–water partition coefficient (Wildman–Crippen LogP) is -3.75. The molecule has 0 radical (unpaired) electrons. The van der Waals surface area contributed by atoms with Gasteiger partial charge in [0.2, 0.25) is 0 Å². The Morgan fingerprint density at radius 3 is 0.524 bits per heavy atom. The van der Waals surface area contributed by atoms with Crippen LogP contribution < -0.4 is 0 Å². The number of carboxylic acids is 4. The van der Waals surface area contributed by atoms with E-state index in [0.717, 1.165) is 0 Å². The molecule has 0 fully saturated rings. The number of rotatable bonds is 4. The van der Waals surface area contributed by atoms with Gasteiger partial charge in [0.05, 0.1) is 0 Å². The molecule has 0 amide bonds. The number of hydrogen-bond donors (Lipinski definition) is 8. The summed E-state index contributed by atoms with van der Waals surface area (Å²) < 4.78 is 0. The van der Waals surface area contributed by atoms with E-state index in [1.54, 1.807) is 0 Å². The summed E-state index contributed by atoms with van der Waals surface area (Å²) >= 11 is 0. The molecule has 0 spiro atoms. The zero-order valence-electron chi connectivity index (χ0n) is 10.4. The van der Waals surface area contributed by atoms with Gasteiger partial charge < -0.3 is 40.9 Å². The molecular formula is C8H16O12Os. The Labute approximate surface area is 130 Å². The van der Waals surface area contributed by atoms with Gasteiger partial charge in [0, 0.05) is 19.8 Å². The summed E-state index contributed by atoms with van der Waals surface area (Å²) in [5, 5.41) is 60.1. The van der Waals surface area contributed by atoms with Crippen LogP contribution in [-0.4, -0.2) is 91.2 Å². The van der Waals surface area contributed by atoms with Crippen LogP contribution in [-0.2, 0) is 39.0 Å². The van der Waals surface area contributed by atoms with E-state index in [-0.39, 0.29) is 19.8 Å². The van der Waals surface area contributed by atoms with E-state index >= 15 is 0 Å². The molecule has 0 aliphatic rings. The Kier molecular flexibility index (Phi) is 40.4. The monoisotopic (exact) mass is 496 g/mol. The first-order valence-corrected chi connectivity index (χ1v) is 4.39. The van der Waals surface area contributed by atoms with Crippen molar-refractivity contribution in [2.45, 2.75) is 0 Å². The van der Waals surface area contributed by atoms with E-state index in [1.165, 1.54) is 0 Å². The van der Waals surface area contributed by atoms with Crippen molar-refractivity contribution in [3.05, 3.63) is 0 Å². The minimum Gasteiger partial charge on any atom is -0.480 e. The second kappa shape index (κ2) is 26.8. The average molecular weight is 494 g/mol. The number of aliphatic hydroxyl groups is 4. The number of aliphatic hydroxyl groups excluding tert-OH is 4. The molecule has 0 aromatic heterocycles. The Balaban J connectivity index is -0.0000000533. The van der Waals surface area contributed by atoms with Crippen LogP contribution in [0, 0.1) is 0 Å². The standard InChI is InChI=1S/4C2H4O3.Os/c4*3-1-2(4)5;/h4*3H,1H2,(H,4,5);. The fourth-order valence-corrected chi connectivity index (χ4v) is 0. The molecule has 0 bridgehead atoms. The molecule has 13 heteroatoms. The number of hydrogen-bond acceptors (Lipinski definition) is 8. The molecular weight excluding hydrogens is 478 g/mol. The van der Waals surface area contributed by atoms with Crippen LogP contribution in [0.3, 0.4) is 0 Å². The zero-order valence-corrected chi connectivity index (χ0v) is 12.9. The quantitative estimate of drug-likeness (QED) is 0.188. The Hall–Kier alpha value is -1.64. The van der Waals surface area contributed by atoms with Crippen molar-refractivity contribution in [3.63, 3.8) is 0 Å². The van der Waals surface area contributed by atoms with Crippen molar-refractivity contribution in [1.82, 2.24) is 0 Å². The van der Waals surface area contributed by atoms with Crippen molar-refractivity contribution in [2.24, 2.45) is 0 Å². The van der Waals surface area contributed by atoms with Crippen LogP contribution in [0.4, 0.5) is 0 Å².